The van der Waals surface area contributed by atoms with E-state index in [1.54, 1.807) is 12.5 Å². The highest BCUT2D eigenvalue weighted by Gasteiger charge is 2.34. The molecule has 24 heavy (non-hydrogen) atoms. The molecule has 1 heterocycles. The van der Waals surface area contributed by atoms with Crippen molar-refractivity contribution in [3.05, 3.63) is 18.7 Å². The summed E-state index contributed by atoms with van der Waals surface area (Å²) in [6.45, 7) is 14.9. The molecule has 0 N–H and O–H groups in total. The summed E-state index contributed by atoms with van der Waals surface area (Å²) in [5.74, 6) is 0. The topological polar surface area (TPSA) is 64.4 Å². The quantitative estimate of drug-likeness (QED) is 0.751. The minimum absolute atomic E-state index is 0.00704. The summed E-state index contributed by atoms with van der Waals surface area (Å²) in [6.07, 6.45) is 6.27. The molecule has 0 bridgehead atoms. The summed E-state index contributed by atoms with van der Waals surface area (Å²) in [7, 11) is -3.34. The van der Waals surface area contributed by atoms with E-state index >= 15 is 0 Å². The fraction of sp³-hybridized carbons (Fsp3) is 0.824. The minimum atomic E-state index is -3.34. The number of sulfonamides is 1. The zero-order valence-electron chi connectivity index (χ0n) is 16.3. The van der Waals surface area contributed by atoms with Gasteiger partial charge in [-0.3, -0.25) is 0 Å². The van der Waals surface area contributed by atoms with E-state index in [2.05, 4.69) is 25.8 Å². The Hall–Kier alpha value is -0.920. The maximum absolute atomic E-state index is 12.2. The van der Waals surface area contributed by atoms with Crippen molar-refractivity contribution in [3.63, 3.8) is 0 Å². The molecule has 0 spiro atoms. The second-order valence-electron chi connectivity index (χ2n) is 8.49. The molecule has 0 saturated heterocycles. The first-order valence-electron chi connectivity index (χ1n) is 8.30. The summed E-state index contributed by atoms with van der Waals surface area (Å²) >= 11 is 0. The highest BCUT2D eigenvalue weighted by molar-refractivity contribution is 7.88. The molecule has 0 aromatic carbocycles. The van der Waals surface area contributed by atoms with Gasteiger partial charge in [0.1, 0.15) is 0 Å². The maximum atomic E-state index is 12.2. The average Bonchev–Trinajstić information content (AvgIpc) is 2.84. The normalized spacial score (nSPS) is 16.4. The lowest BCUT2D eigenvalue weighted by Crippen LogP contribution is -2.50. The van der Waals surface area contributed by atoms with Gasteiger partial charge in [0.2, 0.25) is 10.0 Å². The molecule has 0 saturated carbocycles. The standard InChI is InChI=1S/C17H33N3O3S/c1-14(16(2,3)4)23-15(11-19-10-9-18-13-19)12-20(17(5,6)7)24(8,21)22/h9-10,13-15H,11-12H2,1-8H3. The molecule has 0 amide bonds. The molecule has 0 aliphatic rings. The van der Waals surface area contributed by atoms with Gasteiger partial charge < -0.3 is 9.30 Å². The minimum Gasteiger partial charge on any atom is -0.371 e. The van der Waals surface area contributed by atoms with E-state index in [4.69, 9.17) is 4.74 Å². The van der Waals surface area contributed by atoms with Gasteiger partial charge in [-0.1, -0.05) is 20.8 Å². The van der Waals surface area contributed by atoms with Crippen LogP contribution in [0, 0.1) is 5.41 Å². The van der Waals surface area contributed by atoms with Gasteiger partial charge in [-0.2, -0.15) is 4.31 Å². The molecule has 0 aliphatic carbocycles. The summed E-state index contributed by atoms with van der Waals surface area (Å²) in [4.78, 5) is 4.06. The van der Waals surface area contributed by atoms with Crippen LogP contribution in [0.2, 0.25) is 0 Å². The van der Waals surface area contributed by atoms with Gasteiger partial charge in [0, 0.05) is 24.5 Å². The Morgan fingerprint density at radius 1 is 1.21 bits per heavy atom. The predicted molar refractivity (Wildman–Crippen MR) is 97.3 cm³/mol. The van der Waals surface area contributed by atoms with E-state index in [9.17, 15) is 8.42 Å². The van der Waals surface area contributed by atoms with Crippen LogP contribution in [-0.2, 0) is 21.3 Å². The third kappa shape index (κ3) is 6.53. The molecule has 0 aliphatic heterocycles. The summed E-state index contributed by atoms with van der Waals surface area (Å²) in [6, 6.07) is 0. The first kappa shape index (κ1) is 21.1. The van der Waals surface area contributed by atoms with Crippen LogP contribution in [0.25, 0.3) is 0 Å². The van der Waals surface area contributed by atoms with E-state index in [1.165, 1.54) is 10.6 Å². The molecule has 0 fully saturated rings. The Morgan fingerprint density at radius 3 is 2.17 bits per heavy atom. The van der Waals surface area contributed by atoms with Gasteiger partial charge >= 0.3 is 0 Å². The predicted octanol–water partition coefficient (Wildman–Crippen LogP) is 2.76. The van der Waals surface area contributed by atoms with Crippen molar-refractivity contribution in [3.8, 4) is 0 Å². The van der Waals surface area contributed by atoms with Crippen molar-refractivity contribution < 1.29 is 13.2 Å². The largest absolute Gasteiger partial charge is 0.371 e. The summed E-state index contributed by atoms with van der Waals surface area (Å²) in [5, 5.41) is 0. The Morgan fingerprint density at radius 2 is 1.79 bits per heavy atom. The maximum Gasteiger partial charge on any atom is 0.211 e. The fourth-order valence-electron chi connectivity index (χ4n) is 2.36. The van der Waals surface area contributed by atoms with E-state index < -0.39 is 15.6 Å². The summed E-state index contributed by atoms with van der Waals surface area (Å²) < 4.78 is 34.2. The van der Waals surface area contributed by atoms with Gasteiger partial charge in [-0.25, -0.2) is 13.4 Å². The zero-order valence-corrected chi connectivity index (χ0v) is 17.1. The second kappa shape index (κ2) is 7.54. The van der Waals surface area contributed by atoms with E-state index in [1.807, 2.05) is 38.5 Å². The number of ether oxygens (including phenoxy) is 1. The summed E-state index contributed by atoms with van der Waals surface area (Å²) in [5.41, 5.74) is -0.528. The smallest absolute Gasteiger partial charge is 0.211 e. The molecule has 1 aromatic heterocycles. The Bertz CT molecular complexity index is 598. The van der Waals surface area contributed by atoms with Crippen LogP contribution in [0.5, 0.6) is 0 Å². The first-order chi connectivity index (χ1) is 10.7. The number of hydrogen-bond acceptors (Lipinski definition) is 4. The third-order valence-electron chi connectivity index (χ3n) is 4.11. The van der Waals surface area contributed by atoms with Crippen LogP contribution in [0.15, 0.2) is 18.7 Å². The molecule has 1 aromatic rings. The second-order valence-corrected chi connectivity index (χ2v) is 10.4. The van der Waals surface area contributed by atoms with Crippen LogP contribution in [0.1, 0.15) is 48.5 Å². The van der Waals surface area contributed by atoms with E-state index in [0.717, 1.165) is 0 Å². The van der Waals surface area contributed by atoms with Crippen LogP contribution in [0.3, 0.4) is 0 Å². The lowest BCUT2D eigenvalue weighted by molar-refractivity contribution is -0.0710. The first-order valence-corrected chi connectivity index (χ1v) is 10.1. The molecule has 2 atom stereocenters. The number of rotatable bonds is 7. The van der Waals surface area contributed by atoms with Crippen LogP contribution in [-0.4, -0.2) is 52.8 Å². The number of aromatic nitrogens is 2. The average molecular weight is 360 g/mol. The van der Waals surface area contributed by atoms with Crippen molar-refractivity contribution in [2.75, 3.05) is 12.8 Å². The van der Waals surface area contributed by atoms with Crippen molar-refractivity contribution in [1.29, 1.82) is 0 Å². The molecule has 6 nitrogen and oxygen atoms in total. The number of nitrogens with zero attached hydrogens (tertiary/aromatic N) is 3. The SMILES string of the molecule is CC(OC(CN(C(C)(C)C)S(C)(=O)=O)Cn1ccnc1)C(C)(C)C. The lowest BCUT2D eigenvalue weighted by Gasteiger charge is -2.38. The molecule has 140 valence electrons. The highest BCUT2D eigenvalue weighted by Crippen LogP contribution is 2.25. The highest BCUT2D eigenvalue weighted by atomic mass is 32.2. The van der Waals surface area contributed by atoms with Crippen molar-refractivity contribution in [1.82, 2.24) is 13.9 Å². The zero-order chi connectivity index (χ0) is 18.8. The molecule has 2 unspecified atom stereocenters. The van der Waals surface area contributed by atoms with Gasteiger partial charge in [0.05, 0.1) is 31.3 Å². The van der Waals surface area contributed by atoms with Crippen molar-refractivity contribution >= 4 is 10.0 Å². The Balaban J connectivity index is 3.03. The van der Waals surface area contributed by atoms with E-state index in [-0.39, 0.29) is 17.6 Å². The van der Waals surface area contributed by atoms with E-state index in [0.29, 0.717) is 13.1 Å². The number of imidazole rings is 1. The molecule has 7 heteroatoms. The van der Waals surface area contributed by atoms with Crippen LogP contribution < -0.4 is 0 Å². The molecular weight excluding hydrogens is 326 g/mol. The van der Waals surface area contributed by atoms with Gasteiger partial charge in [0.25, 0.3) is 0 Å². The monoisotopic (exact) mass is 359 g/mol. The van der Waals surface area contributed by atoms with Crippen molar-refractivity contribution in [2.24, 2.45) is 5.41 Å². The van der Waals surface area contributed by atoms with Gasteiger partial charge in [-0.15, -0.1) is 0 Å². The lowest BCUT2D eigenvalue weighted by atomic mass is 9.90. The molecule has 1 rings (SSSR count). The fourth-order valence-corrected chi connectivity index (χ4v) is 3.79. The Labute approximate surface area is 147 Å². The molecular formula is C17H33N3O3S. The van der Waals surface area contributed by atoms with Crippen molar-refractivity contribution in [2.45, 2.75) is 72.8 Å². The van der Waals surface area contributed by atoms with Crippen LogP contribution >= 0.6 is 0 Å². The Kier molecular flexibility index (Phi) is 6.63. The molecule has 0 radical (unpaired) electrons. The third-order valence-corrected chi connectivity index (χ3v) is 5.61. The van der Waals surface area contributed by atoms with Gasteiger partial charge in [0.15, 0.2) is 0 Å². The van der Waals surface area contributed by atoms with Crippen LogP contribution in [0.4, 0.5) is 0 Å². The van der Waals surface area contributed by atoms with Gasteiger partial charge in [-0.05, 0) is 33.1 Å². The number of hydrogen-bond donors (Lipinski definition) is 0.